The molecule has 0 saturated carbocycles. The molecule has 0 N–H and O–H groups in total. The standard InChI is InChI=1S/C9H5F6O/c10-8(11,12)5-16-7-3-1-6(2-4-7)9(13,14)15/h1-3H,5H2. The van der Waals surface area contributed by atoms with Gasteiger partial charge in [-0.05, 0) is 18.2 Å². The van der Waals surface area contributed by atoms with Gasteiger partial charge >= 0.3 is 12.4 Å². The molecule has 1 aromatic rings. The molecule has 1 aromatic carbocycles. The van der Waals surface area contributed by atoms with Gasteiger partial charge < -0.3 is 4.74 Å². The van der Waals surface area contributed by atoms with E-state index in [0.29, 0.717) is 12.1 Å². The van der Waals surface area contributed by atoms with Crippen LogP contribution in [0.2, 0.25) is 0 Å². The zero-order chi connectivity index (χ0) is 12.4. The molecule has 0 aromatic heterocycles. The fraction of sp³-hybridized carbons (Fsp3) is 0.333. The molecule has 0 aliphatic heterocycles. The molecule has 0 aliphatic carbocycles. The molecule has 0 unspecified atom stereocenters. The van der Waals surface area contributed by atoms with Gasteiger partial charge in [0.2, 0.25) is 0 Å². The van der Waals surface area contributed by atoms with Gasteiger partial charge in [-0.3, -0.25) is 0 Å². The van der Waals surface area contributed by atoms with Crippen LogP contribution in [0.15, 0.2) is 18.2 Å². The second kappa shape index (κ2) is 4.23. The first-order chi connectivity index (χ1) is 7.18. The second-order valence-corrected chi connectivity index (χ2v) is 2.84. The van der Waals surface area contributed by atoms with E-state index >= 15 is 0 Å². The molecule has 7 heteroatoms. The number of hydrogen-bond acceptors (Lipinski definition) is 1. The highest BCUT2D eigenvalue weighted by Crippen LogP contribution is 2.30. The Morgan fingerprint density at radius 3 is 2.06 bits per heavy atom. The summed E-state index contributed by atoms with van der Waals surface area (Å²) in [6.45, 7) is -1.56. The second-order valence-electron chi connectivity index (χ2n) is 2.84. The third-order valence-corrected chi connectivity index (χ3v) is 1.50. The van der Waals surface area contributed by atoms with Crippen molar-refractivity contribution >= 4 is 0 Å². The van der Waals surface area contributed by atoms with Crippen molar-refractivity contribution in [3.63, 3.8) is 0 Å². The maximum absolute atomic E-state index is 12.1. The van der Waals surface area contributed by atoms with Crippen molar-refractivity contribution in [2.45, 2.75) is 12.4 Å². The van der Waals surface area contributed by atoms with Gasteiger partial charge in [-0.2, -0.15) is 26.3 Å². The van der Waals surface area contributed by atoms with Crippen molar-refractivity contribution < 1.29 is 31.1 Å². The topological polar surface area (TPSA) is 9.23 Å². The average Bonchev–Trinajstić information content (AvgIpc) is 2.13. The largest absolute Gasteiger partial charge is 0.483 e. The summed E-state index contributed by atoms with van der Waals surface area (Å²) >= 11 is 0. The summed E-state index contributed by atoms with van der Waals surface area (Å²) in [5.74, 6) is -0.384. The number of rotatable bonds is 2. The zero-order valence-electron chi connectivity index (χ0n) is 7.62. The average molecular weight is 243 g/mol. The highest BCUT2D eigenvalue weighted by atomic mass is 19.4. The van der Waals surface area contributed by atoms with Crippen LogP contribution in [0.4, 0.5) is 26.3 Å². The zero-order valence-corrected chi connectivity index (χ0v) is 7.62. The van der Waals surface area contributed by atoms with Crippen LogP contribution in [-0.4, -0.2) is 12.8 Å². The van der Waals surface area contributed by atoms with Crippen LogP contribution < -0.4 is 4.74 Å². The Balaban J connectivity index is 2.66. The van der Waals surface area contributed by atoms with E-state index in [1.165, 1.54) is 0 Å². The maximum atomic E-state index is 12.1. The number of benzene rings is 1. The molecule has 0 heterocycles. The number of halogens is 6. The molecule has 0 atom stereocenters. The lowest BCUT2D eigenvalue weighted by Crippen LogP contribution is -2.19. The Morgan fingerprint density at radius 2 is 1.69 bits per heavy atom. The molecule has 0 aliphatic rings. The SMILES string of the molecule is FC(F)(F)COc1[c]cc(C(F)(F)F)cc1. The minimum atomic E-state index is -4.54. The Hall–Kier alpha value is -1.40. The highest BCUT2D eigenvalue weighted by molar-refractivity contribution is 5.27. The molecule has 89 valence electrons. The Kier molecular flexibility index (Phi) is 3.35. The molecule has 1 nitrogen and oxygen atoms in total. The van der Waals surface area contributed by atoms with Gasteiger partial charge in [-0.1, -0.05) is 0 Å². The fourth-order valence-electron chi connectivity index (χ4n) is 0.836. The molecule has 1 rings (SSSR count). The lowest BCUT2D eigenvalue weighted by atomic mass is 10.2. The minimum Gasteiger partial charge on any atom is -0.483 e. The normalized spacial score (nSPS) is 12.6. The fourth-order valence-corrected chi connectivity index (χ4v) is 0.836. The third kappa shape index (κ3) is 4.00. The van der Waals surface area contributed by atoms with E-state index in [-0.39, 0.29) is 5.75 Å². The summed E-state index contributed by atoms with van der Waals surface area (Å²) in [6, 6.07) is 3.92. The van der Waals surface area contributed by atoms with Crippen LogP contribution in [0.25, 0.3) is 0 Å². The lowest BCUT2D eigenvalue weighted by Gasteiger charge is -2.10. The minimum absolute atomic E-state index is 0.384. The van der Waals surface area contributed by atoms with Crippen LogP contribution in [0.1, 0.15) is 5.56 Å². The number of hydrogen-bond donors (Lipinski definition) is 0. The predicted octanol–water partition coefficient (Wildman–Crippen LogP) is 3.45. The first kappa shape index (κ1) is 12.7. The summed E-state index contributed by atoms with van der Waals surface area (Å²) < 4.78 is 75.4. The Labute approximate surface area is 86.6 Å². The van der Waals surface area contributed by atoms with E-state index in [2.05, 4.69) is 4.74 Å². The van der Waals surface area contributed by atoms with Gasteiger partial charge in [-0.25, -0.2) is 0 Å². The lowest BCUT2D eigenvalue weighted by molar-refractivity contribution is -0.153. The van der Waals surface area contributed by atoms with E-state index in [9.17, 15) is 26.3 Å². The molecule has 1 radical (unpaired) electrons. The summed E-state index contributed by atoms with van der Waals surface area (Å²) in [5, 5.41) is 0. The first-order valence-electron chi connectivity index (χ1n) is 3.97. The molecule has 0 amide bonds. The summed E-state index contributed by atoms with van der Waals surface area (Å²) in [7, 11) is 0. The van der Waals surface area contributed by atoms with E-state index in [1.54, 1.807) is 0 Å². The number of ether oxygens (including phenoxy) is 1. The molecule has 0 fully saturated rings. The van der Waals surface area contributed by atoms with E-state index in [1.807, 2.05) is 6.07 Å². The van der Waals surface area contributed by atoms with Crippen LogP contribution in [-0.2, 0) is 6.18 Å². The Bertz CT molecular complexity index is 337. The van der Waals surface area contributed by atoms with Crippen LogP contribution >= 0.6 is 0 Å². The van der Waals surface area contributed by atoms with Crippen LogP contribution in [0.5, 0.6) is 5.75 Å². The van der Waals surface area contributed by atoms with E-state index in [0.717, 1.165) is 6.07 Å². The van der Waals surface area contributed by atoms with Gasteiger partial charge in [-0.15, -0.1) is 0 Å². The van der Waals surface area contributed by atoms with Crippen molar-refractivity contribution in [1.82, 2.24) is 0 Å². The monoisotopic (exact) mass is 243 g/mol. The van der Waals surface area contributed by atoms with Crippen molar-refractivity contribution in [3.05, 3.63) is 29.8 Å². The van der Waals surface area contributed by atoms with Gasteiger partial charge in [0, 0.05) is 6.07 Å². The molecular formula is C9H5F6O. The molecule has 16 heavy (non-hydrogen) atoms. The van der Waals surface area contributed by atoms with Crippen molar-refractivity contribution in [3.8, 4) is 5.75 Å². The van der Waals surface area contributed by atoms with Crippen molar-refractivity contribution in [2.75, 3.05) is 6.61 Å². The van der Waals surface area contributed by atoms with E-state index in [4.69, 9.17) is 0 Å². The highest BCUT2D eigenvalue weighted by Gasteiger charge is 2.31. The molecule has 0 spiro atoms. The first-order valence-corrected chi connectivity index (χ1v) is 3.97. The van der Waals surface area contributed by atoms with Crippen LogP contribution in [0.3, 0.4) is 0 Å². The quantitative estimate of drug-likeness (QED) is 0.723. The van der Waals surface area contributed by atoms with Crippen molar-refractivity contribution in [2.24, 2.45) is 0 Å². The summed E-state index contributed by atoms with van der Waals surface area (Å²) in [6.07, 6.45) is -9.07. The summed E-state index contributed by atoms with van der Waals surface area (Å²) in [5.41, 5.74) is -0.994. The molecular weight excluding hydrogens is 238 g/mol. The smallest absolute Gasteiger partial charge is 0.422 e. The third-order valence-electron chi connectivity index (χ3n) is 1.50. The Morgan fingerprint density at radius 1 is 1.06 bits per heavy atom. The van der Waals surface area contributed by atoms with Gasteiger partial charge in [0.15, 0.2) is 6.61 Å². The number of alkyl halides is 6. The maximum Gasteiger partial charge on any atom is 0.422 e. The van der Waals surface area contributed by atoms with Gasteiger partial charge in [0.25, 0.3) is 0 Å². The molecule has 0 saturated heterocycles. The van der Waals surface area contributed by atoms with E-state index < -0.39 is 24.5 Å². The van der Waals surface area contributed by atoms with Crippen LogP contribution in [0, 0.1) is 6.07 Å². The predicted molar refractivity (Wildman–Crippen MR) is 41.8 cm³/mol. The molecule has 0 bridgehead atoms. The van der Waals surface area contributed by atoms with Gasteiger partial charge in [0.1, 0.15) is 5.75 Å². The van der Waals surface area contributed by atoms with Crippen molar-refractivity contribution in [1.29, 1.82) is 0 Å². The van der Waals surface area contributed by atoms with Gasteiger partial charge in [0.05, 0.1) is 5.56 Å². The summed E-state index contributed by atoms with van der Waals surface area (Å²) in [4.78, 5) is 0.